The predicted octanol–water partition coefficient (Wildman–Crippen LogP) is 5.87. The molecule has 3 nitrogen and oxygen atoms in total. The van der Waals surface area contributed by atoms with E-state index in [9.17, 15) is 0 Å². The summed E-state index contributed by atoms with van der Waals surface area (Å²) in [5.41, 5.74) is 0. The Morgan fingerprint density at radius 1 is 0.609 bits per heavy atom. The minimum absolute atomic E-state index is 0.775. The lowest BCUT2D eigenvalue weighted by Crippen LogP contribution is -2.46. The summed E-state index contributed by atoms with van der Waals surface area (Å²) < 4.78 is 18.7. The first-order valence-corrected chi connectivity index (χ1v) is 12.3. The van der Waals surface area contributed by atoms with Gasteiger partial charge in [0, 0.05) is 25.9 Å². The Bertz CT molecular complexity index is 216. The van der Waals surface area contributed by atoms with Gasteiger partial charge in [0.15, 0.2) is 0 Å². The van der Waals surface area contributed by atoms with Crippen LogP contribution in [0.25, 0.3) is 0 Å². The molecule has 0 atom stereocenters. The van der Waals surface area contributed by atoms with Crippen LogP contribution in [0.1, 0.15) is 85.0 Å². The molecule has 0 N–H and O–H groups in total. The average Bonchev–Trinajstić information content (AvgIpc) is 2.55. The maximum atomic E-state index is 6.25. The summed E-state index contributed by atoms with van der Waals surface area (Å²) in [6, 6.07) is 0.969. The molecular weight excluding hydrogens is 324 g/mol. The molecule has 0 fully saturated rings. The standard InChI is InChI=1S/C18H40O3SSi/c1-4-7-14-19-23(20-15-8-5-2,21-16-9-6-3)18-13-11-10-12-17-22/h22H,4-18H2,1-3H3. The van der Waals surface area contributed by atoms with E-state index >= 15 is 0 Å². The quantitative estimate of drug-likeness (QED) is 0.187. The zero-order chi connectivity index (χ0) is 17.2. The van der Waals surface area contributed by atoms with Gasteiger partial charge in [0.25, 0.3) is 0 Å². The lowest BCUT2D eigenvalue weighted by atomic mass is 10.2. The minimum atomic E-state index is -2.49. The first-order chi connectivity index (χ1) is 11.2. The Labute approximate surface area is 151 Å². The van der Waals surface area contributed by atoms with Crippen LogP contribution in [-0.4, -0.2) is 34.4 Å². The van der Waals surface area contributed by atoms with Gasteiger partial charge in [-0.3, -0.25) is 0 Å². The van der Waals surface area contributed by atoms with Crippen LogP contribution in [0.4, 0.5) is 0 Å². The first kappa shape index (κ1) is 23.4. The fourth-order valence-electron chi connectivity index (χ4n) is 2.26. The van der Waals surface area contributed by atoms with Gasteiger partial charge in [0.2, 0.25) is 0 Å². The van der Waals surface area contributed by atoms with E-state index in [2.05, 4.69) is 33.4 Å². The highest BCUT2D eigenvalue weighted by molar-refractivity contribution is 7.80. The molecule has 0 spiro atoms. The van der Waals surface area contributed by atoms with Crippen LogP contribution in [0, 0.1) is 0 Å². The van der Waals surface area contributed by atoms with Crippen molar-refractivity contribution in [1.29, 1.82) is 0 Å². The number of unbranched alkanes of at least 4 members (excludes halogenated alkanes) is 6. The molecular formula is C18H40O3SSi. The molecule has 0 aromatic carbocycles. The number of hydrogen-bond acceptors (Lipinski definition) is 4. The highest BCUT2D eigenvalue weighted by Gasteiger charge is 2.40. The molecule has 0 unspecified atom stereocenters. The summed E-state index contributed by atoms with van der Waals surface area (Å²) in [6.45, 7) is 8.91. The molecule has 0 bridgehead atoms. The second-order valence-electron chi connectivity index (χ2n) is 6.18. The third-order valence-corrected chi connectivity index (χ3v) is 7.06. The molecule has 0 saturated carbocycles. The van der Waals surface area contributed by atoms with Crippen molar-refractivity contribution in [3.05, 3.63) is 0 Å². The summed E-state index contributed by atoms with van der Waals surface area (Å²) >= 11 is 4.28. The van der Waals surface area contributed by atoms with Crippen molar-refractivity contribution in [2.45, 2.75) is 91.0 Å². The fraction of sp³-hybridized carbons (Fsp3) is 1.00. The normalized spacial score (nSPS) is 12.0. The molecule has 23 heavy (non-hydrogen) atoms. The van der Waals surface area contributed by atoms with Gasteiger partial charge in [0.1, 0.15) is 0 Å². The van der Waals surface area contributed by atoms with Crippen molar-refractivity contribution in [3.63, 3.8) is 0 Å². The molecule has 0 rings (SSSR count). The molecule has 0 heterocycles. The van der Waals surface area contributed by atoms with Gasteiger partial charge in [-0.1, -0.05) is 52.9 Å². The summed E-state index contributed by atoms with van der Waals surface area (Å²) in [4.78, 5) is 0. The van der Waals surface area contributed by atoms with E-state index in [1.54, 1.807) is 0 Å². The van der Waals surface area contributed by atoms with Crippen molar-refractivity contribution >= 4 is 21.4 Å². The van der Waals surface area contributed by atoms with Crippen molar-refractivity contribution in [2.24, 2.45) is 0 Å². The summed E-state index contributed by atoms with van der Waals surface area (Å²) in [6.07, 6.45) is 11.5. The van der Waals surface area contributed by atoms with Gasteiger partial charge < -0.3 is 13.3 Å². The molecule has 0 amide bonds. The zero-order valence-electron chi connectivity index (χ0n) is 15.8. The molecule has 0 aromatic heterocycles. The molecule has 0 aliphatic carbocycles. The van der Waals surface area contributed by atoms with Crippen LogP contribution in [0.3, 0.4) is 0 Å². The molecule has 0 aromatic rings. The maximum Gasteiger partial charge on any atom is 0.500 e. The van der Waals surface area contributed by atoms with Crippen LogP contribution in [-0.2, 0) is 13.3 Å². The van der Waals surface area contributed by atoms with Crippen LogP contribution in [0.15, 0.2) is 0 Å². The molecule has 0 radical (unpaired) electrons. The number of thiol groups is 1. The van der Waals surface area contributed by atoms with Gasteiger partial charge in [-0.2, -0.15) is 12.6 Å². The topological polar surface area (TPSA) is 27.7 Å². The van der Waals surface area contributed by atoms with Gasteiger partial charge in [-0.05, 0) is 37.9 Å². The van der Waals surface area contributed by atoms with E-state index in [1.807, 2.05) is 0 Å². The van der Waals surface area contributed by atoms with E-state index in [4.69, 9.17) is 13.3 Å². The van der Waals surface area contributed by atoms with Gasteiger partial charge >= 0.3 is 8.80 Å². The second kappa shape index (κ2) is 17.3. The fourth-order valence-corrected chi connectivity index (χ4v) is 5.22. The zero-order valence-corrected chi connectivity index (χ0v) is 17.7. The maximum absolute atomic E-state index is 6.25. The number of hydrogen-bond donors (Lipinski definition) is 1. The third kappa shape index (κ3) is 13.4. The predicted molar refractivity (Wildman–Crippen MR) is 105 cm³/mol. The highest BCUT2D eigenvalue weighted by atomic mass is 32.1. The molecule has 140 valence electrons. The Morgan fingerprint density at radius 2 is 1.04 bits per heavy atom. The third-order valence-electron chi connectivity index (χ3n) is 3.85. The van der Waals surface area contributed by atoms with Crippen molar-refractivity contribution in [3.8, 4) is 0 Å². The molecule has 0 aliphatic rings. The van der Waals surface area contributed by atoms with E-state index in [0.29, 0.717) is 0 Å². The van der Waals surface area contributed by atoms with Crippen LogP contribution in [0.2, 0.25) is 6.04 Å². The Kier molecular flexibility index (Phi) is 17.6. The monoisotopic (exact) mass is 364 g/mol. The van der Waals surface area contributed by atoms with Crippen molar-refractivity contribution in [2.75, 3.05) is 25.6 Å². The lowest BCUT2D eigenvalue weighted by molar-refractivity contribution is 0.0557. The first-order valence-electron chi connectivity index (χ1n) is 9.77. The van der Waals surface area contributed by atoms with E-state index < -0.39 is 8.80 Å². The van der Waals surface area contributed by atoms with Gasteiger partial charge in [-0.25, -0.2) is 0 Å². The van der Waals surface area contributed by atoms with Crippen LogP contribution >= 0.6 is 12.6 Å². The summed E-state index contributed by atoms with van der Waals surface area (Å²) in [5.74, 6) is 0.982. The Balaban J connectivity index is 4.52. The number of rotatable bonds is 18. The van der Waals surface area contributed by atoms with Gasteiger partial charge in [-0.15, -0.1) is 0 Å². The van der Waals surface area contributed by atoms with Crippen LogP contribution in [0.5, 0.6) is 0 Å². The minimum Gasteiger partial charge on any atom is -0.373 e. The molecule has 0 saturated heterocycles. The Morgan fingerprint density at radius 3 is 1.43 bits per heavy atom. The van der Waals surface area contributed by atoms with Crippen molar-refractivity contribution < 1.29 is 13.3 Å². The smallest absolute Gasteiger partial charge is 0.373 e. The summed E-state index contributed by atoms with van der Waals surface area (Å²) in [7, 11) is -2.49. The largest absolute Gasteiger partial charge is 0.500 e. The lowest BCUT2D eigenvalue weighted by Gasteiger charge is -2.30. The van der Waals surface area contributed by atoms with E-state index in [1.165, 1.54) is 19.3 Å². The highest BCUT2D eigenvalue weighted by Crippen LogP contribution is 2.22. The summed E-state index contributed by atoms with van der Waals surface area (Å²) in [5, 5.41) is 0. The van der Waals surface area contributed by atoms with E-state index in [-0.39, 0.29) is 0 Å². The van der Waals surface area contributed by atoms with Gasteiger partial charge in [0.05, 0.1) is 0 Å². The SMILES string of the molecule is CCCCO[Si](CCCCCCS)(OCCCC)OCCCC. The molecule has 0 aliphatic heterocycles. The van der Waals surface area contributed by atoms with Crippen molar-refractivity contribution in [1.82, 2.24) is 0 Å². The molecule has 5 heteroatoms. The average molecular weight is 365 g/mol. The second-order valence-corrected chi connectivity index (χ2v) is 9.36. The Hall–Kier alpha value is 0.447. The van der Waals surface area contributed by atoms with E-state index in [0.717, 1.165) is 76.6 Å². The van der Waals surface area contributed by atoms with Crippen LogP contribution < -0.4 is 0 Å².